The Bertz CT molecular complexity index is 830. The molecule has 0 bridgehead atoms. The number of hydrogen-bond acceptors (Lipinski definition) is 7. The molecular formula is C27H45N3O6. The summed E-state index contributed by atoms with van der Waals surface area (Å²) in [5.74, 6) is -0.895. The first-order chi connectivity index (χ1) is 16.6. The van der Waals surface area contributed by atoms with Crippen LogP contribution in [0.3, 0.4) is 0 Å². The lowest BCUT2D eigenvalue weighted by molar-refractivity contribution is -0.159. The number of rotatable bonds is 12. The van der Waals surface area contributed by atoms with Crippen LogP contribution in [0.15, 0.2) is 30.3 Å². The Labute approximate surface area is 215 Å². The van der Waals surface area contributed by atoms with Crippen molar-refractivity contribution in [2.75, 3.05) is 6.61 Å². The van der Waals surface area contributed by atoms with Crippen molar-refractivity contribution in [2.45, 2.75) is 104 Å². The molecule has 0 saturated heterocycles. The molecule has 0 aromatic heterocycles. The smallest absolute Gasteiger partial charge is 0.407 e. The molecule has 1 aromatic rings. The zero-order valence-electron chi connectivity index (χ0n) is 23.0. The summed E-state index contributed by atoms with van der Waals surface area (Å²) in [4.78, 5) is 39.0. The Morgan fingerprint density at radius 1 is 0.917 bits per heavy atom. The van der Waals surface area contributed by atoms with E-state index in [1.165, 1.54) is 0 Å². The van der Waals surface area contributed by atoms with Gasteiger partial charge in [0.05, 0.1) is 6.04 Å². The Morgan fingerprint density at radius 2 is 1.50 bits per heavy atom. The Kier molecular flexibility index (Phi) is 12.4. The summed E-state index contributed by atoms with van der Waals surface area (Å²) in [5.41, 5.74) is -0.511. The molecule has 36 heavy (non-hydrogen) atoms. The molecule has 0 saturated carbocycles. The molecule has 2 amide bonds. The lowest BCUT2D eigenvalue weighted by atomic mass is 10.00. The summed E-state index contributed by atoms with van der Waals surface area (Å²) >= 11 is 0. The largest absolute Gasteiger partial charge is 0.458 e. The molecule has 0 aliphatic carbocycles. The molecule has 0 heterocycles. The van der Waals surface area contributed by atoms with Gasteiger partial charge in [0.1, 0.15) is 23.3 Å². The molecular weight excluding hydrogens is 462 g/mol. The number of hydrogen-bond donors (Lipinski definition) is 4. The van der Waals surface area contributed by atoms with Crippen LogP contribution in [0.4, 0.5) is 4.79 Å². The lowest BCUT2D eigenvalue weighted by Gasteiger charge is -2.31. The zero-order chi connectivity index (χ0) is 27.5. The van der Waals surface area contributed by atoms with Gasteiger partial charge in [-0.25, -0.2) is 9.59 Å². The van der Waals surface area contributed by atoms with Crippen LogP contribution < -0.4 is 16.0 Å². The third kappa shape index (κ3) is 12.9. The molecule has 1 rings (SSSR count). The van der Waals surface area contributed by atoms with Gasteiger partial charge in [-0.3, -0.25) is 4.79 Å². The maximum absolute atomic E-state index is 13.6. The number of carbonyl (C=O) groups is 3. The summed E-state index contributed by atoms with van der Waals surface area (Å²) in [5, 5.41) is 18.4. The first kappa shape index (κ1) is 31.4. The average Bonchev–Trinajstić information content (AvgIpc) is 2.71. The Hall–Kier alpha value is -2.65. The standard InChI is InChI=1S/C27H45N3O6/c1-18(2)16-21(24(33)35-26(3,4)5)29-23(32)22(28-17-19-12-10-9-11-13-19)20(14-15-31)30-25(34)36-27(6,7)8/h9-13,18,20-22,28,31H,14-17H2,1-8H3,(H,29,32)(H,30,34)/t20-,21-,22+/m0/s1. The van der Waals surface area contributed by atoms with E-state index in [9.17, 15) is 19.5 Å². The number of alkyl carbamates (subject to hydrolysis) is 1. The molecule has 204 valence electrons. The van der Waals surface area contributed by atoms with E-state index >= 15 is 0 Å². The van der Waals surface area contributed by atoms with Crippen LogP contribution in [0.1, 0.15) is 73.8 Å². The van der Waals surface area contributed by atoms with E-state index in [1.54, 1.807) is 41.5 Å². The highest BCUT2D eigenvalue weighted by Crippen LogP contribution is 2.14. The van der Waals surface area contributed by atoms with E-state index in [-0.39, 0.29) is 18.9 Å². The minimum Gasteiger partial charge on any atom is -0.458 e. The molecule has 9 nitrogen and oxygen atoms in total. The number of nitrogens with one attached hydrogen (secondary N) is 3. The van der Waals surface area contributed by atoms with Crippen LogP contribution in [0.5, 0.6) is 0 Å². The molecule has 0 aliphatic rings. The van der Waals surface area contributed by atoms with Crippen molar-refractivity contribution in [3.63, 3.8) is 0 Å². The van der Waals surface area contributed by atoms with Crippen molar-refractivity contribution < 1.29 is 29.0 Å². The second-order valence-electron chi connectivity index (χ2n) is 11.3. The monoisotopic (exact) mass is 507 g/mol. The molecule has 3 atom stereocenters. The molecule has 1 aromatic carbocycles. The highest BCUT2D eigenvalue weighted by atomic mass is 16.6. The van der Waals surface area contributed by atoms with E-state index in [0.29, 0.717) is 13.0 Å². The van der Waals surface area contributed by atoms with E-state index in [4.69, 9.17) is 9.47 Å². The van der Waals surface area contributed by atoms with E-state index < -0.39 is 47.3 Å². The molecule has 0 unspecified atom stereocenters. The lowest BCUT2D eigenvalue weighted by Crippen LogP contribution is -2.60. The fraction of sp³-hybridized carbons (Fsp3) is 0.667. The van der Waals surface area contributed by atoms with Gasteiger partial charge >= 0.3 is 12.1 Å². The summed E-state index contributed by atoms with van der Waals surface area (Å²) in [6, 6.07) is 6.86. The maximum atomic E-state index is 13.6. The van der Waals surface area contributed by atoms with Gasteiger partial charge in [-0.1, -0.05) is 44.2 Å². The predicted molar refractivity (Wildman–Crippen MR) is 139 cm³/mol. The van der Waals surface area contributed by atoms with Gasteiger partial charge in [0, 0.05) is 13.2 Å². The molecule has 0 radical (unpaired) electrons. The number of benzene rings is 1. The molecule has 4 N–H and O–H groups in total. The second kappa shape index (κ2) is 14.2. The number of aliphatic hydroxyl groups excluding tert-OH is 1. The highest BCUT2D eigenvalue weighted by molar-refractivity contribution is 5.88. The van der Waals surface area contributed by atoms with E-state index in [0.717, 1.165) is 5.56 Å². The number of esters is 1. The third-order valence-electron chi connectivity index (χ3n) is 4.91. The molecule has 0 fully saturated rings. The van der Waals surface area contributed by atoms with Gasteiger partial charge in [0.15, 0.2) is 0 Å². The van der Waals surface area contributed by atoms with Crippen LogP contribution in [-0.2, 0) is 25.6 Å². The number of ether oxygens (including phenoxy) is 2. The quantitative estimate of drug-likeness (QED) is 0.320. The van der Waals surface area contributed by atoms with Crippen molar-refractivity contribution in [1.82, 2.24) is 16.0 Å². The molecule has 0 spiro atoms. The number of aliphatic hydroxyl groups is 1. The Balaban J connectivity index is 3.19. The summed E-state index contributed by atoms with van der Waals surface area (Å²) < 4.78 is 10.9. The van der Waals surface area contributed by atoms with E-state index in [1.807, 2.05) is 44.2 Å². The fourth-order valence-electron chi connectivity index (χ4n) is 3.48. The summed E-state index contributed by atoms with van der Waals surface area (Å²) in [6.07, 6.45) is -0.220. The highest BCUT2D eigenvalue weighted by Gasteiger charge is 2.34. The van der Waals surface area contributed by atoms with Crippen molar-refractivity contribution in [3.05, 3.63) is 35.9 Å². The molecule has 0 aliphatic heterocycles. The normalized spacial score (nSPS) is 14.5. The maximum Gasteiger partial charge on any atom is 0.407 e. The van der Waals surface area contributed by atoms with Crippen molar-refractivity contribution in [2.24, 2.45) is 5.92 Å². The minimum atomic E-state index is -0.957. The van der Waals surface area contributed by atoms with Crippen LogP contribution >= 0.6 is 0 Å². The Morgan fingerprint density at radius 3 is 2.00 bits per heavy atom. The minimum absolute atomic E-state index is 0.0976. The van der Waals surface area contributed by atoms with Crippen LogP contribution in [0.2, 0.25) is 0 Å². The fourth-order valence-corrected chi connectivity index (χ4v) is 3.48. The van der Waals surface area contributed by atoms with Gasteiger partial charge in [0.2, 0.25) is 5.91 Å². The van der Waals surface area contributed by atoms with Gasteiger partial charge in [-0.05, 0) is 65.9 Å². The summed E-state index contributed by atoms with van der Waals surface area (Å²) in [6.45, 7) is 14.5. The zero-order valence-corrected chi connectivity index (χ0v) is 23.0. The predicted octanol–water partition coefficient (Wildman–Crippen LogP) is 3.29. The van der Waals surface area contributed by atoms with Gasteiger partial charge in [-0.15, -0.1) is 0 Å². The second-order valence-corrected chi connectivity index (χ2v) is 11.3. The van der Waals surface area contributed by atoms with Crippen molar-refractivity contribution in [1.29, 1.82) is 0 Å². The molecule has 9 heteroatoms. The van der Waals surface area contributed by atoms with Gasteiger partial charge in [-0.2, -0.15) is 0 Å². The SMILES string of the molecule is CC(C)C[C@H](NC(=O)[C@H](NCc1ccccc1)[C@H](CCO)NC(=O)OC(C)(C)C)C(=O)OC(C)(C)C. The van der Waals surface area contributed by atoms with E-state index in [2.05, 4.69) is 16.0 Å². The summed E-state index contributed by atoms with van der Waals surface area (Å²) in [7, 11) is 0. The number of carbonyl (C=O) groups excluding carboxylic acids is 3. The first-order valence-corrected chi connectivity index (χ1v) is 12.5. The first-order valence-electron chi connectivity index (χ1n) is 12.5. The third-order valence-corrected chi connectivity index (χ3v) is 4.91. The van der Waals surface area contributed by atoms with Crippen LogP contribution in [0, 0.1) is 5.92 Å². The van der Waals surface area contributed by atoms with Crippen LogP contribution in [-0.4, -0.2) is 59.0 Å². The van der Waals surface area contributed by atoms with Crippen molar-refractivity contribution in [3.8, 4) is 0 Å². The average molecular weight is 508 g/mol. The number of amides is 2. The van der Waals surface area contributed by atoms with Crippen LogP contribution in [0.25, 0.3) is 0 Å². The topological polar surface area (TPSA) is 126 Å². The van der Waals surface area contributed by atoms with Crippen molar-refractivity contribution >= 4 is 18.0 Å². The van der Waals surface area contributed by atoms with Gasteiger partial charge < -0.3 is 30.5 Å². The van der Waals surface area contributed by atoms with Gasteiger partial charge in [0.25, 0.3) is 0 Å².